The first-order chi connectivity index (χ1) is 10.1. The third-order valence-electron chi connectivity index (χ3n) is 3.14. The van der Waals surface area contributed by atoms with Gasteiger partial charge in [-0.15, -0.1) is 0 Å². The van der Waals surface area contributed by atoms with E-state index in [2.05, 4.69) is 10.3 Å². The number of anilines is 2. The zero-order chi connectivity index (χ0) is 14.8. The summed E-state index contributed by atoms with van der Waals surface area (Å²) < 4.78 is 0. The second-order valence-electron chi connectivity index (χ2n) is 4.57. The number of nitrogens with zero attached hydrogens (tertiary/aromatic N) is 1. The van der Waals surface area contributed by atoms with Crippen LogP contribution >= 0.6 is 0 Å². The van der Waals surface area contributed by atoms with Crippen LogP contribution in [0.3, 0.4) is 0 Å². The van der Waals surface area contributed by atoms with Gasteiger partial charge in [0.05, 0.1) is 5.56 Å². The molecule has 1 aromatic heterocycles. The van der Waals surface area contributed by atoms with Crippen LogP contribution in [0.25, 0.3) is 10.8 Å². The van der Waals surface area contributed by atoms with E-state index in [1.165, 1.54) is 0 Å². The first-order valence-electron chi connectivity index (χ1n) is 6.31. The number of carboxylic acids is 1. The second-order valence-corrected chi connectivity index (χ2v) is 4.57. The Morgan fingerprint density at radius 3 is 2.52 bits per heavy atom. The fourth-order valence-electron chi connectivity index (χ4n) is 2.08. The number of pyridine rings is 1. The Morgan fingerprint density at radius 1 is 1.05 bits per heavy atom. The molecule has 0 bridgehead atoms. The van der Waals surface area contributed by atoms with Gasteiger partial charge in [0, 0.05) is 17.3 Å². The van der Waals surface area contributed by atoms with Gasteiger partial charge in [-0.3, -0.25) is 0 Å². The molecule has 0 saturated heterocycles. The standard InChI is InChI=1S/C16H12N2O3/c19-13-5-3-12(4-6-13)18-15-14-9-11(16(20)21)2-1-10(14)7-8-17-15/h1-9,19H,(H,17,18)(H,20,21). The molecule has 5 heteroatoms. The minimum atomic E-state index is -0.976. The summed E-state index contributed by atoms with van der Waals surface area (Å²) in [5.74, 6) is -0.225. The van der Waals surface area contributed by atoms with E-state index in [-0.39, 0.29) is 11.3 Å². The highest BCUT2D eigenvalue weighted by atomic mass is 16.4. The average molecular weight is 280 g/mol. The number of phenolic OH excluding ortho intramolecular Hbond substituents is 1. The van der Waals surface area contributed by atoms with Crippen LogP contribution in [-0.4, -0.2) is 21.2 Å². The van der Waals surface area contributed by atoms with E-state index in [4.69, 9.17) is 5.11 Å². The van der Waals surface area contributed by atoms with Gasteiger partial charge < -0.3 is 15.5 Å². The largest absolute Gasteiger partial charge is 0.508 e. The van der Waals surface area contributed by atoms with E-state index >= 15 is 0 Å². The lowest BCUT2D eigenvalue weighted by atomic mass is 10.1. The minimum absolute atomic E-state index is 0.180. The molecule has 0 radical (unpaired) electrons. The monoisotopic (exact) mass is 280 g/mol. The Labute approximate surface area is 120 Å². The number of aromatic nitrogens is 1. The molecule has 3 aromatic rings. The predicted octanol–water partition coefficient (Wildman–Crippen LogP) is 3.38. The van der Waals surface area contributed by atoms with E-state index in [9.17, 15) is 9.90 Å². The summed E-state index contributed by atoms with van der Waals surface area (Å²) in [5.41, 5.74) is 0.970. The minimum Gasteiger partial charge on any atom is -0.508 e. The normalized spacial score (nSPS) is 10.5. The lowest BCUT2D eigenvalue weighted by molar-refractivity contribution is 0.0697. The van der Waals surface area contributed by atoms with Crippen LogP contribution in [0, 0.1) is 0 Å². The Kier molecular flexibility index (Phi) is 3.16. The molecule has 104 valence electrons. The third kappa shape index (κ3) is 2.62. The highest BCUT2D eigenvalue weighted by molar-refractivity contribution is 5.99. The summed E-state index contributed by atoms with van der Waals surface area (Å²) in [6.45, 7) is 0. The maximum atomic E-state index is 11.1. The molecule has 5 nitrogen and oxygen atoms in total. The Balaban J connectivity index is 2.06. The fourth-order valence-corrected chi connectivity index (χ4v) is 2.08. The molecule has 0 aliphatic carbocycles. The van der Waals surface area contributed by atoms with Crippen LogP contribution < -0.4 is 5.32 Å². The van der Waals surface area contributed by atoms with Gasteiger partial charge in [0.2, 0.25) is 0 Å². The van der Waals surface area contributed by atoms with Gasteiger partial charge in [0.15, 0.2) is 0 Å². The molecule has 3 rings (SSSR count). The van der Waals surface area contributed by atoms with Crippen molar-refractivity contribution in [1.82, 2.24) is 4.98 Å². The Bertz CT molecular complexity index is 813. The molecule has 2 aromatic carbocycles. The molecule has 0 amide bonds. The van der Waals surface area contributed by atoms with Crippen molar-refractivity contribution in [2.24, 2.45) is 0 Å². The molecule has 0 aliphatic heterocycles. The molecule has 0 aliphatic rings. The zero-order valence-electron chi connectivity index (χ0n) is 10.9. The lowest BCUT2D eigenvalue weighted by Gasteiger charge is -2.09. The van der Waals surface area contributed by atoms with Crippen LogP contribution in [0.2, 0.25) is 0 Å². The molecule has 0 saturated carbocycles. The van der Waals surface area contributed by atoms with Gasteiger partial charge in [0.25, 0.3) is 0 Å². The van der Waals surface area contributed by atoms with Crippen molar-refractivity contribution in [3.05, 3.63) is 60.3 Å². The van der Waals surface area contributed by atoms with Crippen LogP contribution in [0.5, 0.6) is 5.75 Å². The molecular weight excluding hydrogens is 268 g/mol. The second kappa shape index (κ2) is 5.13. The number of hydrogen-bond acceptors (Lipinski definition) is 4. The van der Waals surface area contributed by atoms with E-state index in [1.54, 1.807) is 48.7 Å². The summed E-state index contributed by atoms with van der Waals surface area (Å²) in [4.78, 5) is 15.3. The van der Waals surface area contributed by atoms with Crippen LogP contribution in [-0.2, 0) is 0 Å². The number of phenols is 1. The van der Waals surface area contributed by atoms with Gasteiger partial charge in [-0.25, -0.2) is 9.78 Å². The van der Waals surface area contributed by atoms with Crippen molar-refractivity contribution in [1.29, 1.82) is 0 Å². The predicted molar refractivity (Wildman–Crippen MR) is 80.1 cm³/mol. The van der Waals surface area contributed by atoms with E-state index in [0.29, 0.717) is 5.82 Å². The molecule has 3 N–H and O–H groups in total. The van der Waals surface area contributed by atoms with Crippen molar-refractivity contribution in [2.45, 2.75) is 0 Å². The van der Waals surface area contributed by atoms with Gasteiger partial charge in [-0.1, -0.05) is 6.07 Å². The maximum Gasteiger partial charge on any atom is 0.335 e. The van der Waals surface area contributed by atoms with Crippen LogP contribution in [0.15, 0.2) is 54.7 Å². The smallest absolute Gasteiger partial charge is 0.335 e. The third-order valence-corrected chi connectivity index (χ3v) is 3.14. The Morgan fingerprint density at radius 2 is 1.81 bits per heavy atom. The summed E-state index contributed by atoms with van der Waals surface area (Å²) in [5, 5.41) is 23.1. The summed E-state index contributed by atoms with van der Waals surface area (Å²) in [6.07, 6.45) is 1.66. The SMILES string of the molecule is O=C(O)c1ccc2ccnc(Nc3ccc(O)cc3)c2c1. The molecule has 0 fully saturated rings. The average Bonchev–Trinajstić information content (AvgIpc) is 2.49. The van der Waals surface area contributed by atoms with E-state index < -0.39 is 5.97 Å². The first-order valence-corrected chi connectivity index (χ1v) is 6.31. The van der Waals surface area contributed by atoms with Gasteiger partial charge in [-0.05, 0) is 47.9 Å². The topological polar surface area (TPSA) is 82.5 Å². The van der Waals surface area contributed by atoms with Crippen LogP contribution in [0.1, 0.15) is 10.4 Å². The number of rotatable bonds is 3. The number of nitrogens with one attached hydrogen (secondary N) is 1. The zero-order valence-corrected chi connectivity index (χ0v) is 10.9. The lowest BCUT2D eigenvalue weighted by Crippen LogP contribution is -1.98. The number of benzene rings is 2. The number of carboxylic acid groups (broad SMARTS) is 1. The van der Waals surface area contributed by atoms with Crippen molar-refractivity contribution in [3.63, 3.8) is 0 Å². The van der Waals surface area contributed by atoms with E-state index in [0.717, 1.165) is 16.5 Å². The molecule has 0 atom stereocenters. The van der Waals surface area contributed by atoms with Gasteiger partial charge in [0.1, 0.15) is 11.6 Å². The fraction of sp³-hybridized carbons (Fsp3) is 0. The summed E-state index contributed by atoms with van der Waals surface area (Å²) in [6, 6.07) is 13.3. The molecule has 21 heavy (non-hydrogen) atoms. The van der Waals surface area contributed by atoms with Crippen molar-refractivity contribution in [3.8, 4) is 5.75 Å². The molecule has 0 spiro atoms. The summed E-state index contributed by atoms with van der Waals surface area (Å²) >= 11 is 0. The number of aromatic hydroxyl groups is 1. The number of aromatic carboxylic acids is 1. The van der Waals surface area contributed by atoms with Gasteiger partial charge in [-0.2, -0.15) is 0 Å². The van der Waals surface area contributed by atoms with E-state index in [1.807, 2.05) is 6.07 Å². The maximum absolute atomic E-state index is 11.1. The number of hydrogen-bond donors (Lipinski definition) is 3. The number of carbonyl (C=O) groups is 1. The molecule has 0 unspecified atom stereocenters. The molecule has 1 heterocycles. The highest BCUT2D eigenvalue weighted by Crippen LogP contribution is 2.26. The van der Waals surface area contributed by atoms with Crippen LogP contribution in [0.4, 0.5) is 11.5 Å². The van der Waals surface area contributed by atoms with Crippen molar-refractivity contribution >= 4 is 28.2 Å². The Hall–Kier alpha value is -3.08. The number of fused-ring (bicyclic) bond motifs is 1. The quantitative estimate of drug-likeness (QED) is 0.641. The molecular formula is C16H12N2O3. The highest BCUT2D eigenvalue weighted by Gasteiger charge is 2.08. The van der Waals surface area contributed by atoms with Gasteiger partial charge >= 0.3 is 5.97 Å². The first kappa shape index (κ1) is 12.9. The van der Waals surface area contributed by atoms with Crippen molar-refractivity contribution in [2.75, 3.05) is 5.32 Å². The van der Waals surface area contributed by atoms with Crippen molar-refractivity contribution < 1.29 is 15.0 Å². The summed E-state index contributed by atoms with van der Waals surface area (Å²) in [7, 11) is 0.